The molecule has 0 aliphatic rings. The minimum Gasteiger partial charge on any atom is -0.383 e. The van der Waals surface area contributed by atoms with Gasteiger partial charge in [0, 0.05) is 32.8 Å². The van der Waals surface area contributed by atoms with Crippen LogP contribution in [0.5, 0.6) is 0 Å². The van der Waals surface area contributed by atoms with Gasteiger partial charge in [-0.25, -0.2) is 9.97 Å². The normalized spacial score (nSPS) is 10.3. The third kappa shape index (κ3) is 5.46. The molecule has 0 fully saturated rings. The average molecular weight is 239 g/mol. The third-order valence-electron chi connectivity index (χ3n) is 2.13. The molecule has 0 aliphatic heterocycles. The van der Waals surface area contributed by atoms with Crippen molar-refractivity contribution in [1.82, 2.24) is 15.3 Å². The molecule has 0 aliphatic carbocycles. The lowest BCUT2D eigenvalue weighted by Gasteiger charge is -2.09. The van der Waals surface area contributed by atoms with Crippen LogP contribution in [0.3, 0.4) is 0 Å². The first kappa shape index (κ1) is 13.7. The van der Waals surface area contributed by atoms with Crippen LogP contribution in [0.2, 0.25) is 0 Å². The van der Waals surface area contributed by atoms with Crippen molar-refractivity contribution in [1.29, 1.82) is 0 Å². The van der Waals surface area contributed by atoms with E-state index in [-0.39, 0.29) is 0 Å². The fourth-order valence-electron chi connectivity index (χ4n) is 1.35. The number of methoxy groups -OCH3 is 1. The van der Waals surface area contributed by atoms with Gasteiger partial charge in [-0.2, -0.15) is 0 Å². The number of ether oxygens (including phenoxy) is 1. The van der Waals surface area contributed by atoms with Crippen molar-refractivity contribution in [3.05, 3.63) is 11.9 Å². The van der Waals surface area contributed by atoms with Crippen LogP contribution in [0.25, 0.3) is 0 Å². The van der Waals surface area contributed by atoms with Crippen molar-refractivity contribution >= 4 is 11.6 Å². The Hall–Kier alpha value is -1.40. The second-order valence-electron chi connectivity index (χ2n) is 3.64. The number of anilines is 2. The van der Waals surface area contributed by atoms with E-state index in [1.807, 2.05) is 20.0 Å². The van der Waals surface area contributed by atoms with E-state index in [0.29, 0.717) is 6.61 Å². The number of hydrogen-bond donors (Lipinski definition) is 3. The molecule has 6 nitrogen and oxygen atoms in total. The molecule has 0 bridgehead atoms. The molecule has 0 atom stereocenters. The summed E-state index contributed by atoms with van der Waals surface area (Å²) in [4.78, 5) is 8.61. The summed E-state index contributed by atoms with van der Waals surface area (Å²) in [5, 5.41) is 9.49. The summed E-state index contributed by atoms with van der Waals surface area (Å²) >= 11 is 0. The van der Waals surface area contributed by atoms with Gasteiger partial charge in [-0.15, -0.1) is 0 Å². The Morgan fingerprint density at radius 1 is 1.12 bits per heavy atom. The summed E-state index contributed by atoms with van der Waals surface area (Å²) < 4.78 is 4.97. The van der Waals surface area contributed by atoms with E-state index in [1.54, 1.807) is 7.11 Å². The Labute approximate surface area is 102 Å². The first-order chi connectivity index (χ1) is 8.26. The summed E-state index contributed by atoms with van der Waals surface area (Å²) in [5.41, 5.74) is 0. The van der Waals surface area contributed by atoms with Crippen LogP contribution in [-0.4, -0.2) is 50.4 Å². The fourth-order valence-corrected chi connectivity index (χ4v) is 1.35. The van der Waals surface area contributed by atoms with Crippen LogP contribution in [-0.2, 0) is 4.74 Å². The molecule has 1 heterocycles. The van der Waals surface area contributed by atoms with Crippen molar-refractivity contribution in [2.45, 2.75) is 6.92 Å². The lowest BCUT2D eigenvalue weighted by atomic mass is 10.4. The van der Waals surface area contributed by atoms with E-state index in [4.69, 9.17) is 4.74 Å². The van der Waals surface area contributed by atoms with Gasteiger partial charge in [0.05, 0.1) is 6.61 Å². The number of nitrogens with zero attached hydrogens (tertiary/aromatic N) is 2. The molecule has 1 rings (SSSR count). The molecule has 17 heavy (non-hydrogen) atoms. The molecule has 0 aromatic carbocycles. The Morgan fingerprint density at radius 3 is 2.35 bits per heavy atom. The zero-order valence-electron chi connectivity index (χ0n) is 10.7. The van der Waals surface area contributed by atoms with Gasteiger partial charge in [0.15, 0.2) is 0 Å². The highest BCUT2D eigenvalue weighted by molar-refractivity contribution is 5.47. The molecule has 1 aromatic heterocycles. The van der Waals surface area contributed by atoms with E-state index in [1.165, 1.54) is 0 Å². The molecule has 1 aromatic rings. The summed E-state index contributed by atoms with van der Waals surface area (Å²) in [6, 6.07) is 1.90. The molecule has 0 unspecified atom stereocenters. The van der Waals surface area contributed by atoms with Crippen molar-refractivity contribution in [3.8, 4) is 0 Å². The summed E-state index contributed by atoms with van der Waals surface area (Å²) in [6.07, 6.45) is 0. The van der Waals surface area contributed by atoms with Crippen LogP contribution in [0.15, 0.2) is 6.07 Å². The minimum atomic E-state index is 0.658. The molecule has 0 saturated carbocycles. The van der Waals surface area contributed by atoms with Gasteiger partial charge in [-0.1, -0.05) is 0 Å². The van der Waals surface area contributed by atoms with Gasteiger partial charge < -0.3 is 20.7 Å². The van der Waals surface area contributed by atoms with Gasteiger partial charge in [0.2, 0.25) is 0 Å². The zero-order valence-corrected chi connectivity index (χ0v) is 10.7. The zero-order chi connectivity index (χ0) is 12.5. The van der Waals surface area contributed by atoms with Gasteiger partial charge in [0.25, 0.3) is 0 Å². The maximum atomic E-state index is 4.97. The van der Waals surface area contributed by atoms with Crippen LogP contribution < -0.4 is 16.0 Å². The van der Waals surface area contributed by atoms with E-state index in [0.717, 1.165) is 37.1 Å². The molecular weight excluding hydrogens is 218 g/mol. The Kier molecular flexibility index (Phi) is 6.27. The summed E-state index contributed by atoms with van der Waals surface area (Å²) in [7, 11) is 3.60. The highest BCUT2D eigenvalue weighted by Crippen LogP contribution is 2.10. The van der Waals surface area contributed by atoms with Crippen LogP contribution in [0, 0.1) is 6.92 Å². The quantitative estimate of drug-likeness (QED) is 0.573. The number of aryl methyl sites for hydroxylation is 1. The number of likely N-dealkylation sites (N-methyl/N-ethyl adjacent to an activating group) is 1. The summed E-state index contributed by atoms with van der Waals surface area (Å²) in [6.45, 7) is 5.01. The smallest absolute Gasteiger partial charge is 0.131 e. The van der Waals surface area contributed by atoms with Gasteiger partial charge in [-0.05, 0) is 14.0 Å². The van der Waals surface area contributed by atoms with Crippen LogP contribution in [0.4, 0.5) is 11.6 Å². The standard InChI is InChI=1S/C11H21N5O/c1-9-15-10(13-5-4-12-2)8-11(16-9)14-6-7-17-3/h8,12H,4-7H2,1-3H3,(H2,13,14,15,16). The van der Waals surface area contributed by atoms with Gasteiger partial charge in [-0.3, -0.25) is 0 Å². The Bertz CT molecular complexity index is 303. The van der Waals surface area contributed by atoms with E-state index >= 15 is 0 Å². The van der Waals surface area contributed by atoms with Crippen molar-refractivity contribution in [2.75, 3.05) is 51.0 Å². The first-order valence-electron chi connectivity index (χ1n) is 5.73. The summed E-state index contributed by atoms with van der Waals surface area (Å²) in [5.74, 6) is 2.41. The van der Waals surface area contributed by atoms with Crippen molar-refractivity contribution in [3.63, 3.8) is 0 Å². The maximum absolute atomic E-state index is 4.97. The Morgan fingerprint density at radius 2 is 1.76 bits per heavy atom. The molecule has 96 valence electrons. The molecule has 0 spiro atoms. The average Bonchev–Trinajstić information content (AvgIpc) is 2.29. The van der Waals surface area contributed by atoms with E-state index < -0.39 is 0 Å². The Balaban J connectivity index is 2.53. The highest BCUT2D eigenvalue weighted by atomic mass is 16.5. The van der Waals surface area contributed by atoms with Crippen LogP contribution in [0.1, 0.15) is 5.82 Å². The number of nitrogens with one attached hydrogen (secondary N) is 3. The molecule has 0 radical (unpaired) electrons. The predicted octanol–water partition coefficient (Wildman–Crippen LogP) is 0.475. The highest BCUT2D eigenvalue weighted by Gasteiger charge is 2.00. The maximum Gasteiger partial charge on any atom is 0.131 e. The van der Waals surface area contributed by atoms with Gasteiger partial charge in [0.1, 0.15) is 17.5 Å². The fraction of sp³-hybridized carbons (Fsp3) is 0.636. The first-order valence-corrected chi connectivity index (χ1v) is 5.73. The number of aromatic nitrogens is 2. The minimum absolute atomic E-state index is 0.658. The lowest BCUT2D eigenvalue weighted by Crippen LogP contribution is -2.18. The molecule has 6 heteroatoms. The van der Waals surface area contributed by atoms with E-state index in [9.17, 15) is 0 Å². The second-order valence-corrected chi connectivity index (χ2v) is 3.64. The van der Waals surface area contributed by atoms with E-state index in [2.05, 4.69) is 25.9 Å². The largest absolute Gasteiger partial charge is 0.383 e. The number of rotatable bonds is 8. The van der Waals surface area contributed by atoms with Crippen molar-refractivity contribution < 1.29 is 4.74 Å². The molecular formula is C11H21N5O. The predicted molar refractivity (Wildman–Crippen MR) is 69.6 cm³/mol. The second kappa shape index (κ2) is 7.81. The molecule has 3 N–H and O–H groups in total. The topological polar surface area (TPSA) is 71.1 Å². The van der Waals surface area contributed by atoms with Gasteiger partial charge >= 0.3 is 0 Å². The lowest BCUT2D eigenvalue weighted by molar-refractivity contribution is 0.210. The SMILES string of the molecule is CNCCNc1cc(NCCOC)nc(C)n1. The third-order valence-corrected chi connectivity index (χ3v) is 2.13. The molecule has 0 amide bonds. The number of hydrogen-bond acceptors (Lipinski definition) is 6. The van der Waals surface area contributed by atoms with Crippen LogP contribution >= 0.6 is 0 Å². The van der Waals surface area contributed by atoms with Crippen molar-refractivity contribution in [2.24, 2.45) is 0 Å². The monoisotopic (exact) mass is 239 g/mol. The molecule has 0 saturated heterocycles.